The molecule has 1 saturated heterocycles. The van der Waals surface area contributed by atoms with E-state index in [0.29, 0.717) is 16.5 Å². The Kier molecular flexibility index (Phi) is 5.65. The van der Waals surface area contributed by atoms with E-state index in [4.69, 9.17) is 17.3 Å². The van der Waals surface area contributed by atoms with E-state index >= 15 is 0 Å². The van der Waals surface area contributed by atoms with Crippen LogP contribution in [0.5, 0.6) is 0 Å². The highest BCUT2D eigenvalue weighted by atomic mass is 35.5. The molecule has 0 radical (unpaired) electrons. The van der Waals surface area contributed by atoms with Gasteiger partial charge in [0.05, 0.1) is 0 Å². The summed E-state index contributed by atoms with van der Waals surface area (Å²) in [5, 5.41) is 0.642. The molecule has 2 rings (SSSR count). The minimum Gasteiger partial charge on any atom is -0.338 e. The summed E-state index contributed by atoms with van der Waals surface area (Å²) in [5.41, 5.74) is 7.54. The van der Waals surface area contributed by atoms with Crippen LogP contribution in [0.3, 0.4) is 0 Å². The third-order valence-corrected chi connectivity index (χ3v) is 4.08. The number of benzene rings is 1. The summed E-state index contributed by atoms with van der Waals surface area (Å²) in [6, 6.07) is 5.61. The zero-order valence-electron chi connectivity index (χ0n) is 11.2. The largest absolute Gasteiger partial charge is 0.338 e. The smallest absolute Gasteiger partial charge is 0.253 e. The van der Waals surface area contributed by atoms with Crippen LogP contribution in [0.25, 0.3) is 0 Å². The number of carbonyl (C=O) groups excluding carboxylic acids is 1. The van der Waals surface area contributed by atoms with Crippen molar-refractivity contribution in [2.45, 2.75) is 26.3 Å². The van der Waals surface area contributed by atoms with Crippen molar-refractivity contribution in [1.82, 2.24) is 4.90 Å². The van der Waals surface area contributed by atoms with Crippen LogP contribution in [0.4, 0.5) is 0 Å². The van der Waals surface area contributed by atoms with Gasteiger partial charge in [0.25, 0.3) is 5.91 Å². The van der Waals surface area contributed by atoms with E-state index in [1.54, 1.807) is 6.07 Å². The molecule has 1 aromatic carbocycles. The van der Waals surface area contributed by atoms with E-state index in [2.05, 4.69) is 0 Å². The standard InChI is InChI=1S/C14H19ClN2O.ClH/c1-9-3-4-11(7-13(9)15)14(18)17-6-5-12(8-17)10(2)16;/h3-4,7,10,12H,5-6,8,16H2,1-2H3;1H. The van der Waals surface area contributed by atoms with Crippen LogP contribution in [0.15, 0.2) is 18.2 Å². The average Bonchev–Trinajstić information content (AvgIpc) is 2.81. The fraction of sp³-hybridized carbons (Fsp3) is 0.500. The molecule has 1 aliphatic rings. The second kappa shape index (κ2) is 6.60. The lowest BCUT2D eigenvalue weighted by Gasteiger charge is -2.18. The monoisotopic (exact) mass is 302 g/mol. The quantitative estimate of drug-likeness (QED) is 0.913. The Bertz CT molecular complexity index is 463. The minimum absolute atomic E-state index is 0. The van der Waals surface area contributed by atoms with Gasteiger partial charge in [0.1, 0.15) is 0 Å². The lowest BCUT2D eigenvalue weighted by Crippen LogP contribution is -2.33. The second-order valence-corrected chi connectivity index (χ2v) is 5.53. The van der Waals surface area contributed by atoms with E-state index in [1.165, 1.54) is 0 Å². The predicted molar refractivity (Wildman–Crippen MR) is 81.1 cm³/mol. The zero-order valence-corrected chi connectivity index (χ0v) is 12.8. The first-order valence-electron chi connectivity index (χ1n) is 6.30. The molecule has 5 heteroatoms. The highest BCUT2D eigenvalue weighted by molar-refractivity contribution is 6.31. The fourth-order valence-electron chi connectivity index (χ4n) is 2.31. The third-order valence-electron chi connectivity index (χ3n) is 3.67. The fourth-order valence-corrected chi connectivity index (χ4v) is 2.49. The highest BCUT2D eigenvalue weighted by Gasteiger charge is 2.28. The van der Waals surface area contributed by atoms with Gasteiger partial charge in [0.15, 0.2) is 0 Å². The number of carbonyl (C=O) groups is 1. The SMILES string of the molecule is Cc1ccc(C(=O)N2CCC(C(C)N)C2)cc1Cl.Cl. The van der Waals surface area contributed by atoms with Crippen molar-refractivity contribution in [3.8, 4) is 0 Å². The van der Waals surface area contributed by atoms with Gasteiger partial charge in [-0.1, -0.05) is 17.7 Å². The zero-order chi connectivity index (χ0) is 13.3. The van der Waals surface area contributed by atoms with Gasteiger partial charge in [-0.15, -0.1) is 12.4 Å². The molecule has 3 nitrogen and oxygen atoms in total. The van der Waals surface area contributed by atoms with Crippen LogP contribution in [0.1, 0.15) is 29.3 Å². The van der Waals surface area contributed by atoms with E-state index < -0.39 is 0 Å². The summed E-state index contributed by atoms with van der Waals surface area (Å²) in [5.74, 6) is 0.468. The van der Waals surface area contributed by atoms with Gasteiger partial charge in [-0.25, -0.2) is 0 Å². The summed E-state index contributed by atoms with van der Waals surface area (Å²) < 4.78 is 0. The van der Waals surface area contributed by atoms with Crippen LogP contribution < -0.4 is 5.73 Å². The lowest BCUT2D eigenvalue weighted by molar-refractivity contribution is 0.0786. The molecule has 0 bridgehead atoms. The molecule has 1 amide bonds. The van der Waals surface area contributed by atoms with Crippen LogP contribution in [-0.2, 0) is 0 Å². The van der Waals surface area contributed by atoms with Crippen molar-refractivity contribution in [2.75, 3.05) is 13.1 Å². The van der Waals surface area contributed by atoms with Gasteiger partial charge in [-0.3, -0.25) is 4.79 Å². The maximum absolute atomic E-state index is 12.3. The molecule has 19 heavy (non-hydrogen) atoms. The molecule has 2 unspecified atom stereocenters. The van der Waals surface area contributed by atoms with Crippen LogP contribution >= 0.6 is 24.0 Å². The number of rotatable bonds is 2. The van der Waals surface area contributed by atoms with Crippen LogP contribution in [-0.4, -0.2) is 29.9 Å². The molecule has 2 N–H and O–H groups in total. The average molecular weight is 303 g/mol. The first-order valence-corrected chi connectivity index (χ1v) is 6.68. The molecular formula is C14H20Cl2N2O. The Morgan fingerprint density at radius 2 is 2.21 bits per heavy atom. The molecule has 0 saturated carbocycles. The van der Waals surface area contributed by atoms with Crippen LogP contribution in [0, 0.1) is 12.8 Å². The molecule has 0 spiro atoms. The Balaban J connectivity index is 0.00000180. The molecule has 1 heterocycles. The normalized spacial score (nSPS) is 20.0. The number of likely N-dealkylation sites (tertiary alicyclic amines) is 1. The van der Waals surface area contributed by atoms with Gasteiger partial charge >= 0.3 is 0 Å². The maximum atomic E-state index is 12.3. The van der Waals surface area contributed by atoms with Crippen molar-refractivity contribution < 1.29 is 4.79 Å². The van der Waals surface area contributed by atoms with E-state index in [-0.39, 0.29) is 24.4 Å². The highest BCUT2D eigenvalue weighted by Crippen LogP contribution is 2.23. The molecule has 1 aliphatic heterocycles. The third kappa shape index (κ3) is 3.62. The van der Waals surface area contributed by atoms with Crippen molar-refractivity contribution >= 4 is 29.9 Å². The summed E-state index contributed by atoms with van der Waals surface area (Å²) in [6.45, 7) is 5.47. The number of nitrogens with two attached hydrogens (primary N) is 1. The van der Waals surface area contributed by atoms with Gasteiger partial charge in [0.2, 0.25) is 0 Å². The van der Waals surface area contributed by atoms with E-state index in [1.807, 2.05) is 30.9 Å². The minimum atomic E-state index is 0. The summed E-state index contributed by atoms with van der Waals surface area (Å²) >= 11 is 6.05. The number of nitrogens with zero attached hydrogens (tertiary/aromatic N) is 1. The van der Waals surface area contributed by atoms with Crippen molar-refractivity contribution in [3.63, 3.8) is 0 Å². The molecule has 106 valence electrons. The molecule has 1 aromatic rings. The van der Waals surface area contributed by atoms with E-state index in [0.717, 1.165) is 25.1 Å². The van der Waals surface area contributed by atoms with Crippen molar-refractivity contribution in [1.29, 1.82) is 0 Å². The van der Waals surface area contributed by atoms with Crippen molar-refractivity contribution in [3.05, 3.63) is 34.3 Å². The molecular weight excluding hydrogens is 283 g/mol. The molecule has 1 fully saturated rings. The Labute approximate surface area is 125 Å². The van der Waals surface area contributed by atoms with Gasteiger partial charge < -0.3 is 10.6 Å². The topological polar surface area (TPSA) is 46.3 Å². The molecule has 0 aliphatic carbocycles. The number of aryl methyl sites for hydroxylation is 1. The number of amides is 1. The van der Waals surface area contributed by atoms with Gasteiger partial charge in [-0.2, -0.15) is 0 Å². The van der Waals surface area contributed by atoms with Crippen molar-refractivity contribution in [2.24, 2.45) is 11.7 Å². The Morgan fingerprint density at radius 3 is 2.74 bits per heavy atom. The van der Waals surface area contributed by atoms with Gasteiger partial charge in [-0.05, 0) is 43.9 Å². The maximum Gasteiger partial charge on any atom is 0.253 e. The van der Waals surface area contributed by atoms with Crippen LogP contribution in [0.2, 0.25) is 5.02 Å². The summed E-state index contributed by atoms with van der Waals surface area (Å²) in [7, 11) is 0. The van der Waals surface area contributed by atoms with Gasteiger partial charge in [0, 0.05) is 29.7 Å². The Morgan fingerprint density at radius 1 is 1.53 bits per heavy atom. The number of halogens is 2. The molecule has 0 aromatic heterocycles. The number of hydrogen-bond donors (Lipinski definition) is 1. The van der Waals surface area contributed by atoms with E-state index in [9.17, 15) is 4.79 Å². The first kappa shape index (κ1) is 16.3. The summed E-state index contributed by atoms with van der Waals surface area (Å²) in [4.78, 5) is 14.2. The Hall–Kier alpha value is -0.770. The predicted octanol–water partition coefficient (Wildman–Crippen LogP) is 2.88. The number of hydrogen-bond acceptors (Lipinski definition) is 2. The summed E-state index contributed by atoms with van der Waals surface area (Å²) in [6.07, 6.45) is 0.989. The lowest BCUT2D eigenvalue weighted by atomic mass is 10.0. The molecule has 2 atom stereocenters. The second-order valence-electron chi connectivity index (χ2n) is 5.12. The first-order chi connectivity index (χ1) is 8.49.